The van der Waals surface area contributed by atoms with Crippen LogP contribution >= 0.6 is 0 Å². The van der Waals surface area contributed by atoms with E-state index in [1.807, 2.05) is 0 Å². The molecule has 0 bridgehead atoms. The van der Waals surface area contributed by atoms with Gasteiger partial charge in [0.05, 0.1) is 0 Å². The van der Waals surface area contributed by atoms with Crippen LogP contribution in [0.2, 0.25) is 0 Å². The Bertz CT molecular complexity index is 887. The van der Waals surface area contributed by atoms with Crippen molar-refractivity contribution in [2.45, 2.75) is 150 Å². The van der Waals surface area contributed by atoms with E-state index in [0.717, 1.165) is 11.8 Å². The van der Waals surface area contributed by atoms with Gasteiger partial charge in [-0.1, -0.05) is 137 Å². The minimum absolute atomic E-state index is 0.372. The molecule has 0 aromatic carbocycles. The molecule has 12 aliphatic carbocycles. The molecule has 0 nitrogen and oxygen atoms in total. The Labute approximate surface area is 288 Å². The lowest BCUT2D eigenvalue weighted by Crippen LogP contribution is -3.00. The van der Waals surface area contributed by atoms with E-state index >= 15 is 0 Å². The van der Waals surface area contributed by atoms with Gasteiger partial charge < -0.3 is 0 Å². The van der Waals surface area contributed by atoms with Gasteiger partial charge in [0, 0.05) is 0 Å². The molecule has 0 radical (unpaired) electrons. The Hall–Kier alpha value is 0. The van der Waals surface area contributed by atoms with E-state index in [1.54, 1.807) is 0 Å². The lowest BCUT2D eigenvalue weighted by molar-refractivity contribution is -0.565. The normalized spacial score (nSPS) is 49.3. The molecular weight excluding hydrogens is 553 g/mol. The van der Waals surface area contributed by atoms with Gasteiger partial charge in [-0.15, -0.1) is 0 Å². The SMILES string of the molecule is C12C3C4C1C1C2C3C41.C12C3C4C1C1C2C3C41.CCC(C)(C)C(C)(CC(C)C)C(C)(C)C.CCC(C)(C)C(C)(CC(C)C)C(C)(C)C. The molecule has 0 aromatic heterocycles. The quantitative estimate of drug-likeness (QED) is 0.250. The van der Waals surface area contributed by atoms with Crippen molar-refractivity contribution in [1.29, 1.82) is 0 Å². The first-order chi connectivity index (χ1) is 21.0. The van der Waals surface area contributed by atoms with Crippen molar-refractivity contribution in [3.63, 3.8) is 0 Å². The Morgan fingerprint density at radius 2 is 0.478 bits per heavy atom. The zero-order valence-corrected chi connectivity index (χ0v) is 34.2. The van der Waals surface area contributed by atoms with Crippen molar-refractivity contribution < 1.29 is 0 Å². The van der Waals surface area contributed by atoms with Crippen molar-refractivity contribution in [1.82, 2.24) is 0 Å². The maximum Gasteiger partial charge on any atom is -0.0224 e. The van der Waals surface area contributed by atoms with Crippen molar-refractivity contribution >= 4 is 0 Å². The van der Waals surface area contributed by atoms with Gasteiger partial charge in [-0.3, -0.25) is 0 Å². The molecular formula is C46H80. The van der Waals surface area contributed by atoms with E-state index in [-0.39, 0.29) is 0 Å². The summed E-state index contributed by atoms with van der Waals surface area (Å²) in [6, 6.07) is 0. The molecule has 0 aliphatic heterocycles. The first-order valence-corrected chi connectivity index (χ1v) is 21.0. The topological polar surface area (TPSA) is 0 Å². The zero-order chi connectivity index (χ0) is 34.2. The second-order valence-electron chi connectivity index (χ2n) is 24.1. The minimum Gasteiger partial charge on any atom is -0.0649 e. The highest BCUT2D eigenvalue weighted by Crippen LogP contribution is 3.01. The Balaban J connectivity index is 0.0000000998. The van der Waals surface area contributed by atoms with E-state index in [0.29, 0.717) is 32.5 Å². The van der Waals surface area contributed by atoms with E-state index in [2.05, 4.69) is 125 Å². The lowest BCUT2D eigenvalue weighted by Gasteiger charge is -3.03. The second-order valence-corrected chi connectivity index (χ2v) is 24.1. The monoisotopic (exact) mass is 633 g/mol. The molecule has 46 heavy (non-hydrogen) atoms. The smallest absolute Gasteiger partial charge is 0.0224 e. The highest BCUT2D eigenvalue weighted by molar-refractivity contribution is 5.45. The van der Waals surface area contributed by atoms with E-state index in [1.165, 1.54) is 120 Å². The number of hydrogen-bond donors (Lipinski definition) is 0. The van der Waals surface area contributed by atoms with Crippen molar-refractivity contribution in [3.8, 4) is 0 Å². The molecule has 0 spiro atoms. The lowest BCUT2D eigenvalue weighted by atomic mass is 9.01. The Kier molecular flexibility index (Phi) is 7.38. The largest absolute Gasteiger partial charge is 0.0649 e. The van der Waals surface area contributed by atoms with Gasteiger partial charge in [0.2, 0.25) is 0 Å². The van der Waals surface area contributed by atoms with Gasteiger partial charge >= 0.3 is 0 Å². The first-order valence-electron chi connectivity index (χ1n) is 21.0. The van der Waals surface area contributed by atoms with Crippen LogP contribution in [0, 0.1) is 139 Å². The van der Waals surface area contributed by atoms with E-state index in [9.17, 15) is 0 Å². The van der Waals surface area contributed by atoms with E-state index in [4.69, 9.17) is 0 Å². The predicted molar refractivity (Wildman–Crippen MR) is 198 cm³/mol. The minimum atomic E-state index is 0.372. The van der Waals surface area contributed by atoms with Crippen LogP contribution in [0.15, 0.2) is 0 Å². The Morgan fingerprint density at radius 1 is 0.326 bits per heavy atom. The van der Waals surface area contributed by atoms with Gasteiger partial charge in [-0.2, -0.15) is 0 Å². The summed E-state index contributed by atoms with van der Waals surface area (Å²) in [5, 5.41) is 0. The van der Waals surface area contributed by atoms with Gasteiger partial charge in [0.15, 0.2) is 0 Å². The number of rotatable bonds is 8. The molecule has 12 rings (SSSR count). The highest BCUT2D eigenvalue weighted by atomic mass is 15.0. The predicted octanol–water partition coefficient (Wildman–Crippen LogP) is 13.0. The average molecular weight is 633 g/mol. The van der Waals surface area contributed by atoms with Crippen molar-refractivity contribution in [2.24, 2.45) is 139 Å². The van der Waals surface area contributed by atoms with E-state index < -0.39 is 0 Å². The molecule has 2 unspecified atom stereocenters. The maximum absolute atomic E-state index is 2.48. The van der Waals surface area contributed by atoms with Crippen molar-refractivity contribution in [2.75, 3.05) is 0 Å². The molecule has 264 valence electrons. The summed E-state index contributed by atoms with van der Waals surface area (Å²) >= 11 is 0. The molecule has 0 heterocycles. The van der Waals surface area contributed by atoms with Gasteiger partial charge in [-0.25, -0.2) is 0 Å². The summed E-state index contributed by atoms with van der Waals surface area (Å²) in [5.74, 6) is 22.9. The molecule has 12 aliphatic rings. The zero-order valence-electron chi connectivity index (χ0n) is 34.2. The summed E-state index contributed by atoms with van der Waals surface area (Å²) in [7, 11) is 0. The summed E-state index contributed by atoms with van der Waals surface area (Å²) in [4.78, 5) is 0. The standard InChI is InChI=1S/2C15H32.2C8H8/c2*1-10-14(7,8)15(9,11-12(2)3)13(4,5)6;2*1-2-5-3(1)7-4(1)6(2)8(5)7/h2*12H,10-11H2,1-9H3;2*1-8H. The summed E-state index contributed by atoms with van der Waals surface area (Å²) < 4.78 is 0. The summed E-state index contributed by atoms with van der Waals surface area (Å²) in [6.07, 6.45) is 5.15. The third kappa shape index (κ3) is 3.71. The van der Waals surface area contributed by atoms with Gasteiger partial charge in [0.1, 0.15) is 0 Å². The average Bonchev–Trinajstić information content (AvgIpc) is 2.97. The Morgan fingerprint density at radius 3 is 0.565 bits per heavy atom. The summed E-state index contributed by atoms with van der Waals surface area (Å²) in [5.41, 5.74) is 2.38. The van der Waals surface area contributed by atoms with Crippen LogP contribution in [-0.2, 0) is 0 Å². The fourth-order valence-corrected chi connectivity index (χ4v) is 16.2. The van der Waals surface area contributed by atoms with Crippen LogP contribution in [0.4, 0.5) is 0 Å². The highest BCUT2D eigenvalue weighted by Gasteiger charge is 2.98. The molecule has 0 aromatic rings. The third-order valence-corrected chi connectivity index (χ3v) is 20.4. The fraction of sp³-hybridized carbons (Fsp3) is 1.00. The van der Waals surface area contributed by atoms with Crippen LogP contribution in [0.25, 0.3) is 0 Å². The molecule has 2 atom stereocenters. The molecule has 12 saturated carbocycles. The fourth-order valence-electron chi connectivity index (χ4n) is 16.2. The third-order valence-electron chi connectivity index (χ3n) is 20.4. The molecule has 0 saturated heterocycles. The number of hydrogen-bond acceptors (Lipinski definition) is 0. The van der Waals surface area contributed by atoms with Crippen LogP contribution < -0.4 is 0 Å². The van der Waals surface area contributed by atoms with Crippen LogP contribution in [-0.4, -0.2) is 0 Å². The molecule has 0 heteroatoms. The van der Waals surface area contributed by atoms with Gasteiger partial charge in [0.25, 0.3) is 0 Å². The second kappa shape index (κ2) is 9.86. The van der Waals surface area contributed by atoms with Crippen LogP contribution in [0.5, 0.6) is 0 Å². The molecule has 0 N–H and O–H groups in total. The molecule has 0 amide bonds. The van der Waals surface area contributed by atoms with Crippen molar-refractivity contribution in [3.05, 3.63) is 0 Å². The van der Waals surface area contributed by atoms with Gasteiger partial charge in [-0.05, 0) is 152 Å². The van der Waals surface area contributed by atoms with Crippen LogP contribution in [0.3, 0.4) is 0 Å². The molecule has 12 fully saturated rings. The van der Waals surface area contributed by atoms with Crippen LogP contribution in [0.1, 0.15) is 150 Å². The first kappa shape index (κ1) is 34.4. The summed E-state index contributed by atoms with van der Waals surface area (Å²) in [6.45, 7) is 43.1. The maximum atomic E-state index is 2.48.